The molecule has 0 aromatic heterocycles. The first-order valence-corrected chi connectivity index (χ1v) is 6.48. The number of ether oxygens (including phenoxy) is 3. The number of hydrogen-bond donors (Lipinski definition) is 1. The Balaban J connectivity index is 2.09. The largest absolute Gasteiger partial charge is 0.492 e. The van der Waals surface area contributed by atoms with E-state index >= 15 is 0 Å². The normalized spacial score (nSPS) is 20.1. The lowest BCUT2D eigenvalue weighted by Crippen LogP contribution is -2.41. The first-order valence-electron chi connectivity index (χ1n) is 6.48. The molecule has 18 heavy (non-hydrogen) atoms. The van der Waals surface area contributed by atoms with E-state index in [1.165, 1.54) is 12.0 Å². The molecule has 1 fully saturated rings. The van der Waals surface area contributed by atoms with Gasteiger partial charge in [0.1, 0.15) is 13.2 Å². The zero-order valence-electron chi connectivity index (χ0n) is 10.7. The first-order chi connectivity index (χ1) is 8.80. The van der Waals surface area contributed by atoms with Crippen LogP contribution >= 0.6 is 0 Å². The third kappa shape index (κ3) is 1.56. The zero-order chi connectivity index (χ0) is 12.6. The molecule has 1 aliphatic heterocycles. The summed E-state index contributed by atoms with van der Waals surface area (Å²) in [7, 11) is 1.68. The van der Waals surface area contributed by atoms with Gasteiger partial charge in [-0.05, 0) is 18.9 Å². The van der Waals surface area contributed by atoms with Gasteiger partial charge in [0, 0.05) is 17.5 Å². The molecule has 4 nitrogen and oxygen atoms in total. The van der Waals surface area contributed by atoms with E-state index in [0.717, 1.165) is 30.1 Å². The van der Waals surface area contributed by atoms with E-state index in [-0.39, 0.29) is 5.41 Å². The van der Waals surface area contributed by atoms with Crippen molar-refractivity contribution in [2.75, 3.05) is 26.9 Å². The van der Waals surface area contributed by atoms with Crippen LogP contribution in [0, 0.1) is 0 Å². The van der Waals surface area contributed by atoms with E-state index in [1.54, 1.807) is 7.11 Å². The van der Waals surface area contributed by atoms with Crippen LogP contribution in [-0.2, 0) is 5.41 Å². The van der Waals surface area contributed by atoms with Gasteiger partial charge in [0.2, 0.25) is 5.75 Å². The minimum atomic E-state index is 0.0706. The van der Waals surface area contributed by atoms with Crippen molar-refractivity contribution in [2.45, 2.75) is 24.7 Å². The monoisotopic (exact) mass is 249 g/mol. The van der Waals surface area contributed by atoms with Crippen LogP contribution in [0.4, 0.5) is 0 Å². The van der Waals surface area contributed by atoms with Crippen LogP contribution in [-0.4, -0.2) is 26.9 Å². The molecule has 1 aromatic rings. The van der Waals surface area contributed by atoms with E-state index < -0.39 is 0 Å². The Labute approximate surface area is 107 Å². The van der Waals surface area contributed by atoms with Crippen molar-refractivity contribution in [3.8, 4) is 17.2 Å². The molecule has 2 N–H and O–H groups in total. The van der Waals surface area contributed by atoms with Crippen LogP contribution in [0.5, 0.6) is 17.2 Å². The highest BCUT2D eigenvalue weighted by molar-refractivity contribution is 5.59. The van der Waals surface area contributed by atoms with E-state index in [9.17, 15) is 0 Å². The molecule has 1 heterocycles. The van der Waals surface area contributed by atoms with Gasteiger partial charge in [-0.3, -0.25) is 0 Å². The number of fused-ring (bicyclic) bond motifs is 1. The predicted molar refractivity (Wildman–Crippen MR) is 68.6 cm³/mol. The number of benzene rings is 1. The molecule has 1 saturated carbocycles. The van der Waals surface area contributed by atoms with Crippen molar-refractivity contribution in [1.29, 1.82) is 0 Å². The summed E-state index contributed by atoms with van der Waals surface area (Å²) in [5, 5.41) is 0. The van der Waals surface area contributed by atoms with Gasteiger partial charge in [-0.15, -0.1) is 0 Å². The number of rotatable bonds is 3. The molecule has 0 saturated heterocycles. The molecule has 1 aromatic carbocycles. The van der Waals surface area contributed by atoms with E-state index in [1.807, 2.05) is 6.07 Å². The van der Waals surface area contributed by atoms with Crippen LogP contribution in [0.25, 0.3) is 0 Å². The molecule has 0 radical (unpaired) electrons. The van der Waals surface area contributed by atoms with E-state index in [4.69, 9.17) is 19.9 Å². The smallest absolute Gasteiger partial charge is 0.203 e. The van der Waals surface area contributed by atoms with Gasteiger partial charge in [-0.25, -0.2) is 0 Å². The minimum Gasteiger partial charge on any atom is -0.492 e. The summed E-state index contributed by atoms with van der Waals surface area (Å²) in [6, 6.07) is 4.06. The summed E-state index contributed by atoms with van der Waals surface area (Å²) in [5.41, 5.74) is 7.21. The third-order valence-corrected chi connectivity index (χ3v) is 4.14. The summed E-state index contributed by atoms with van der Waals surface area (Å²) < 4.78 is 16.9. The maximum Gasteiger partial charge on any atom is 0.203 e. The molecular formula is C14H19NO3. The molecule has 0 spiro atoms. The van der Waals surface area contributed by atoms with Crippen molar-refractivity contribution in [3.05, 3.63) is 17.7 Å². The Kier molecular flexibility index (Phi) is 2.82. The van der Waals surface area contributed by atoms with Crippen LogP contribution in [0.1, 0.15) is 24.8 Å². The molecule has 98 valence electrons. The topological polar surface area (TPSA) is 53.7 Å². The average Bonchev–Trinajstić information content (AvgIpc) is 2.37. The van der Waals surface area contributed by atoms with E-state index in [2.05, 4.69) is 6.07 Å². The van der Waals surface area contributed by atoms with Gasteiger partial charge in [-0.1, -0.05) is 12.5 Å². The lowest BCUT2D eigenvalue weighted by Gasteiger charge is -2.42. The highest BCUT2D eigenvalue weighted by Gasteiger charge is 2.41. The lowest BCUT2D eigenvalue weighted by molar-refractivity contribution is 0.162. The summed E-state index contributed by atoms with van der Waals surface area (Å²) in [5.74, 6) is 2.31. The third-order valence-electron chi connectivity index (χ3n) is 4.14. The Morgan fingerprint density at radius 1 is 1.28 bits per heavy atom. The summed E-state index contributed by atoms with van der Waals surface area (Å²) in [6.07, 6.45) is 3.48. The highest BCUT2D eigenvalue weighted by atomic mass is 16.6. The molecule has 3 rings (SSSR count). The highest BCUT2D eigenvalue weighted by Crippen LogP contribution is 2.51. The fourth-order valence-corrected chi connectivity index (χ4v) is 2.90. The molecule has 0 unspecified atom stereocenters. The van der Waals surface area contributed by atoms with Gasteiger partial charge in [0.15, 0.2) is 11.5 Å². The second-order valence-electron chi connectivity index (χ2n) is 5.01. The quantitative estimate of drug-likeness (QED) is 0.888. The van der Waals surface area contributed by atoms with Gasteiger partial charge in [0.25, 0.3) is 0 Å². The SMILES string of the molecule is COc1c(C2(CN)CCC2)ccc2c1OCCO2. The maximum absolute atomic E-state index is 5.97. The first kappa shape index (κ1) is 11.7. The maximum atomic E-state index is 5.97. The molecule has 0 atom stereocenters. The Bertz CT molecular complexity index is 449. The predicted octanol–water partition coefficient (Wildman–Crippen LogP) is 1.85. The zero-order valence-corrected chi connectivity index (χ0v) is 10.7. The second-order valence-corrected chi connectivity index (χ2v) is 5.01. The van der Waals surface area contributed by atoms with Crippen molar-refractivity contribution in [1.82, 2.24) is 0 Å². The van der Waals surface area contributed by atoms with Crippen molar-refractivity contribution >= 4 is 0 Å². The summed E-state index contributed by atoms with van der Waals surface area (Å²) in [4.78, 5) is 0. The Morgan fingerprint density at radius 2 is 2.06 bits per heavy atom. The molecular weight excluding hydrogens is 230 g/mol. The number of nitrogens with two attached hydrogens (primary N) is 1. The fourth-order valence-electron chi connectivity index (χ4n) is 2.90. The van der Waals surface area contributed by atoms with Crippen molar-refractivity contribution in [2.24, 2.45) is 5.73 Å². The molecule has 0 bridgehead atoms. The molecule has 2 aliphatic rings. The van der Waals surface area contributed by atoms with Crippen molar-refractivity contribution < 1.29 is 14.2 Å². The number of hydrogen-bond acceptors (Lipinski definition) is 4. The molecule has 1 aliphatic carbocycles. The van der Waals surface area contributed by atoms with Crippen LogP contribution in [0.15, 0.2) is 12.1 Å². The Hall–Kier alpha value is -1.42. The van der Waals surface area contributed by atoms with Gasteiger partial charge in [0.05, 0.1) is 7.11 Å². The lowest BCUT2D eigenvalue weighted by atomic mass is 9.64. The minimum absolute atomic E-state index is 0.0706. The van der Waals surface area contributed by atoms with Gasteiger partial charge in [-0.2, -0.15) is 0 Å². The van der Waals surface area contributed by atoms with Crippen molar-refractivity contribution in [3.63, 3.8) is 0 Å². The standard InChI is InChI=1S/C14H19NO3/c1-16-12-10(14(9-15)5-2-6-14)3-4-11-13(12)18-8-7-17-11/h3-4H,2,5-9,15H2,1H3. The summed E-state index contributed by atoms with van der Waals surface area (Å²) in [6.45, 7) is 1.82. The molecule has 0 amide bonds. The van der Waals surface area contributed by atoms with Crippen LogP contribution in [0.3, 0.4) is 0 Å². The number of methoxy groups -OCH3 is 1. The average molecular weight is 249 g/mol. The van der Waals surface area contributed by atoms with Crippen LogP contribution < -0.4 is 19.9 Å². The summed E-state index contributed by atoms with van der Waals surface area (Å²) >= 11 is 0. The van der Waals surface area contributed by atoms with Crippen LogP contribution in [0.2, 0.25) is 0 Å². The molecule has 4 heteroatoms. The fraction of sp³-hybridized carbons (Fsp3) is 0.571. The van der Waals surface area contributed by atoms with Gasteiger partial charge >= 0.3 is 0 Å². The van der Waals surface area contributed by atoms with Gasteiger partial charge < -0.3 is 19.9 Å². The Morgan fingerprint density at radius 3 is 2.67 bits per heavy atom. The van der Waals surface area contributed by atoms with E-state index in [0.29, 0.717) is 19.8 Å². The second kappa shape index (κ2) is 4.35.